The van der Waals surface area contributed by atoms with Crippen LogP contribution in [0, 0.1) is 0 Å². The Kier molecular flexibility index (Phi) is 141. The molecule has 21 heteroatoms. The lowest BCUT2D eigenvalue weighted by Crippen LogP contribution is -2.07. The normalized spacial score (nSPS) is 5.14. The van der Waals surface area contributed by atoms with Gasteiger partial charge in [-0.25, -0.2) is 0 Å². The molecule has 0 aliphatic heterocycles. The molecule has 0 atom stereocenters. The van der Waals surface area contributed by atoms with Gasteiger partial charge in [0.1, 0.15) is 0 Å². The van der Waals surface area contributed by atoms with Crippen LogP contribution in [0.2, 0.25) is 0 Å². The first-order valence-corrected chi connectivity index (χ1v) is 3.10. The highest BCUT2D eigenvalue weighted by atomic mass is 16.5. The summed E-state index contributed by atoms with van der Waals surface area (Å²) < 4.78 is 0. The van der Waals surface area contributed by atoms with Crippen molar-refractivity contribution in [3.8, 4) is 0 Å². The maximum absolute atomic E-state index is 7.17. The van der Waals surface area contributed by atoms with E-state index in [1.54, 1.807) is 0 Å². The highest BCUT2D eigenvalue weighted by molar-refractivity contribution is 6.31. The molecule has 0 bridgehead atoms. The van der Waals surface area contributed by atoms with Gasteiger partial charge in [-0.05, 0) is 0 Å². The zero-order chi connectivity index (χ0) is 14.3. The Bertz CT molecular complexity index is 63.3. The fourth-order valence-electron chi connectivity index (χ4n) is 0. The predicted octanol–water partition coefficient (Wildman–Crippen LogP) is -11.3. The second kappa shape index (κ2) is 50.4. The SMILES string of the molecule is N.O.O.O.O.OB(O)O.OB(O)O.OB(O)O.OB(O)O. The van der Waals surface area contributed by atoms with Crippen LogP contribution in [0.25, 0.3) is 0 Å². The first kappa shape index (κ1) is 58.8. The van der Waals surface area contributed by atoms with Crippen molar-refractivity contribution in [3.63, 3.8) is 0 Å². The lowest BCUT2D eigenvalue weighted by molar-refractivity contribution is 0.276. The second-order valence-corrected chi connectivity index (χ2v) is 1.39. The maximum atomic E-state index is 7.17. The Balaban J connectivity index is -0.0000000121. The van der Waals surface area contributed by atoms with E-state index in [9.17, 15) is 0 Å². The smallest absolute Gasteiger partial charge is 0.412 e. The summed E-state index contributed by atoms with van der Waals surface area (Å²) in [5.41, 5.74) is 0. The van der Waals surface area contributed by atoms with E-state index in [2.05, 4.69) is 0 Å². The standard InChI is InChI=1S/4BH3O3.H3N.4H2O/c4*2-1(3)4;;;;;/h4*2-4H;1H3;4*1H2. The van der Waals surface area contributed by atoms with E-state index in [-0.39, 0.29) is 28.1 Å². The average molecular weight is 336 g/mol. The predicted molar refractivity (Wildman–Crippen MR) is 69.1 cm³/mol. The molecule has 0 unspecified atom stereocenters. The molecule has 23 N–H and O–H groups in total. The van der Waals surface area contributed by atoms with Crippen LogP contribution in [0.1, 0.15) is 0 Å². The summed E-state index contributed by atoms with van der Waals surface area (Å²) in [5.74, 6) is 0. The van der Waals surface area contributed by atoms with Gasteiger partial charge in [0.15, 0.2) is 0 Å². The largest absolute Gasteiger partial charge is 0.631 e. The zero-order valence-electron chi connectivity index (χ0n) is 10.4. The summed E-state index contributed by atoms with van der Waals surface area (Å²) in [5, 5.41) is 86.0. The molecule has 0 aromatic heterocycles. The number of rotatable bonds is 0. The van der Waals surface area contributed by atoms with E-state index >= 15 is 0 Å². The number of hydrogen-bond acceptors (Lipinski definition) is 13. The quantitative estimate of drug-likeness (QED) is 0.183. The zero-order valence-corrected chi connectivity index (χ0v) is 10.4. The second-order valence-electron chi connectivity index (χ2n) is 1.39. The van der Waals surface area contributed by atoms with Gasteiger partial charge in [-0.1, -0.05) is 0 Å². The molecule has 136 valence electrons. The van der Waals surface area contributed by atoms with Crippen molar-refractivity contribution in [1.29, 1.82) is 0 Å². The average Bonchev–Trinajstić information content (AvgIpc) is 1.76. The minimum atomic E-state index is -2.17. The van der Waals surface area contributed by atoms with Crippen LogP contribution in [0.3, 0.4) is 0 Å². The number of hydrogen-bond donors (Lipinski definition) is 13. The van der Waals surface area contributed by atoms with Gasteiger partial charge in [-0.2, -0.15) is 0 Å². The molecule has 0 aromatic rings. The summed E-state index contributed by atoms with van der Waals surface area (Å²) >= 11 is 0. The minimum Gasteiger partial charge on any atom is -0.412 e. The van der Waals surface area contributed by atoms with Gasteiger partial charge in [0, 0.05) is 0 Å². The molecule has 17 nitrogen and oxygen atoms in total. The minimum absolute atomic E-state index is 0. The topological polar surface area (TPSA) is 404 Å². The molecule has 0 aromatic carbocycles. The van der Waals surface area contributed by atoms with E-state index in [0.717, 1.165) is 0 Å². The third-order valence-electron chi connectivity index (χ3n) is 0. The van der Waals surface area contributed by atoms with E-state index in [1.165, 1.54) is 0 Å². The molecule has 21 heavy (non-hydrogen) atoms. The third-order valence-corrected chi connectivity index (χ3v) is 0. The van der Waals surface area contributed by atoms with Crippen LogP contribution in [0.5, 0.6) is 0 Å². The molecular formula is H23B4NO16. The van der Waals surface area contributed by atoms with Crippen LogP contribution in [0.15, 0.2) is 0 Å². The van der Waals surface area contributed by atoms with Gasteiger partial charge < -0.3 is 88.3 Å². The first-order chi connectivity index (χ1) is 6.93. The molecule has 0 aliphatic rings. The van der Waals surface area contributed by atoms with Crippen molar-refractivity contribution in [2.45, 2.75) is 0 Å². The van der Waals surface area contributed by atoms with Crippen LogP contribution in [-0.2, 0) is 0 Å². The molecular weight excluding hydrogens is 313 g/mol. The van der Waals surface area contributed by atoms with Crippen molar-refractivity contribution in [2.75, 3.05) is 0 Å². The van der Waals surface area contributed by atoms with E-state index in [4.69, 9.17) is 60.3 Å². The fourth-order valence-corrected chi connectivity index (χ4v) is 0. The third kappa shape index (κ3) is 34300. The van der Waals surface area contributed by atoms with E-state index in [1.807, 2.05) is 0 Å². The fraction of sp³-hybridized carbons (Fsp3) is 0. The lowest BCUT2D eigenvalue weighted by Gasteiger charge is -1.69. The summed E-state index contributed by atoms with van der Waals surface area (Å²) in [6, 6.07) is 0. The van der Waals surface area contributed by atoms with Gasteiger partial charge in [0.05, 0.1) is 0 Å². The summed E-state index contributed by atoms with van der Waals surface area (Å²) in [6.45, 7) is 0. The van der Waals surface area contributed by atoms with Crippen molar-refractivity contribution < 1.29 is 82.2 Å². The van der Waals surface area contributed by atoms with Crippen LogP contribution >= 0.6 is 0 Å². The maximum Gasteiger partial charge on any atom is 0.631 e. The Hall–Kier alpha value is -0.420. The van der Waals surface area contributed by atoms with E-state index < -0.39 is 29.3 Å². The molecule has 0 spiro atoms. The monoisotopic (exact) mass is 337 g/mol. The molecule has 0 aliphatic carbocycles. The molecule has 0 radical (unpaired) electrons. The van der Waals surface area contributed by atoms with Gasteiger partial charge >= 0.3 is 29.3 Å². The van der Waals surface area contributed by atoms with E-state index in [0.29, 0.717) is 0 Å². The Morgan fingerprint density at radius 3 is 0.286 bits per heavy atom. The first-order valence-electron chi connectivity index (χ1n) is 3.10. The highest BCUT2D eigenvalue weighted by Crippen LogP contribution is 1.41. The molecule has 0 amide bonds. The Morgan fingerprint density at radius 2 is 0.286 bits per heavy atom. The Labute approximate surface area is 119 Å². The van der Waals surface area contributed by atoms with Crippen LogP contribution in [0.4, 0.5) is 0 Å². The summed E-state index contributed by atoms with van der Waals surface area (Å²) in [7, 11) is -8.67. The summed E-state index contributed by atoms with van der Waals surface area (Å²) in [4.78, 5) is 0. The van der Waals surface area contributed by atoms with Crippen LogP contribution < -0.4 is 6.15 Å². The van der Waals surface area contributed by atoms with Crippen molar-refractivity contribution in [2.24, 2.45) is 0 Å². The van der Waals surface area contributed by atoms with Crippen LogP contribution in [-0.4, -0.2) is 111 Å². The Morgan fingerprint density at radius 1 is 0.286 bits per heavy atom. The molecule has 0 rings (SSSR count). The highest BCUT2D eigenvalue weighted by Gasteiger charge is 1.93. The molecule has 0 heterocycles. The summed E-state index contributed by atoms with van der Waals surface area (Å²) in [6.07, 6.45) is 0. The van der Waals surface area contributed by atoms with Gasteiger partial charge in [-0.15, -0.1) is 0 Å². The lowest BCUT2D eigenvalue weighted by atomic mass is 10.3. The molecule has 0 saturated carbocycles. The van der Waals surface area contributed by atoms with Crippen molar-refractivity contribution in [3.05, 3.63) is 0 Å². The van der Waals surface area contributed by atoms with Gasteiger partial charge in [-0.3, -0.25) is 0 Å². The van der Waals surface area contributed by atoms with Gasteiger partial charge in [0.25, 0.3) is 0 Å². The molecule has 0 saturated heterocycles. The van der Waals surface area contributed by atoms with Crippen molar-refractivity contribution >= 4 is 29.3 Å². The van der Waals surface area contributed by atoms with Gasteiger partial charge in [0.2, 0.25) is 0 Å². The molecule has 0 fully saturated rings. The van der Waals surface area contributed by atoms with Crippen molar-refractivity contribution in [1.82, 2.24) is 6.15 Å².